The zero-order valence-electron chi connectivity index (χ0n) is 36.7. The Morgan fingerprint density at radius 1 is 0.855 bits per heavy atom. The molecule has 7 atom stereocenters. The molecule has 0 saturated carbocycles. The minimum atomic E-state index is -2.34. The minimum Gasteiger partial charge on any atom is -0.497 e. The molecule has 2 saturated heterocycles. The number of aromatic nitrogens is 2. The maximum atomic E-state index is 13.0. The summed E-state index contributed by atoms with van der Waals surface area (Å²) in [7, 11) is 5.26. The first-order chi connectivity index (χ1) is 29.6. The van der Waals surface area contributed by atoms with Gasteiger partial charge < -0.3 is 41.7 Å². The van der Waals surface area contributed by atoms with Gasteiger partial charge in [-0.2, -0.15) is 5.26 Å². The molecule has 2 aliphatic rings. The molecule has 4 aromatic rings. The topological polar surface area (TPSA) is 162 Å². The second-order valence-electron chi connectivity index (χ2n) is 16.9. The molecule has 14 nitrogen and oxygen atoms in total. The van der Waals surface area contributed by atoms with Crippen LogP contribution in [0, 0.1) is 18.3 Å². The highest BCUT2D eigenvalue weighted by Crippen LogP contribution is 2.48. The molecule has 2 aliphatic heterocycles. The summed E-state index contributed by atoms with van der Waals surface area (Å²) in [5.41, 5.74) is 0.803. The lowest BCUT2D eigenvalue weighted by atomic mass is 9.80. The molecule has 330 valence electrons. The molecule has 62 heavy (non-hydrogen) atoms. The smallest absolute Gasteiger partial charge is 0.333 e. The number of aryl methyl sites for hydroxylation is 1. The third kappa shape index (κ3) is 11.0. The van der Waals surface area contributed by atoms with Crippen molar-refractivity contribution in [1.82, 2.24) is 9.55 Å². The monoisotopic (exact) mass is 885 g/mol. The predicted molar refractivity (Wildman–Crippen MR) is 238 cm³/mol. The van der Waals surface area contributed by atoms with E-state index in [1.54, 1.807) is 21.1 Å². The van der Waals surface area contributed by atoms with Gasteiger partial charge in [0.1, 0.15) is 43.4 Å². The Labute approximate surface area is 367 Å². The molecule has 2 radical (unpaired) electrons. The summed E-state index contributed by atoms with van der Waals surface area (Å²) < 4.78 is 58.3. The van der Waals surface area contributed by atoms with Gasteiger partial charge in [-0.05, 0) is 72.4 Å². The molecule has 2 fully saturated rings. The van der Waals surface area contributed by atoms with Gasteiger partial charge in [0.25, 0.3) is 5.56 Å². The van der Waals surface area contributed by atoms with E-state index in [2.05, 4.69) is 44.9 Å². The molecule has 6 rings (SSSR count). The normalized spacial score (nSPS) is 22.3. The van der Waals surface area contributed by atoms with E-state index in [-0.39, 0.29) is 31.3 Å². The Balaban J connectivity index is 1.26. The van der Waals surface area contributed by atoms with Gasteiger partial charge in [0.2, 0.25) is 0 Å². The number of nitrogens with zero attached hydrogens (tertiary/aromatic N) is 2. The van der Waals surface area contributed by atoms with Gasteiger partial charge in [0.15, 0.2) is 8.32 Å². The van der Waals surface area contributed by atoms with Crippen molar-refractivity contribution < 1.29 is 41.7 Å². The van der Waals surface area contributed by atoms with E-state index in [4.69, 9.17) is 49.5 Å². The van der Waals surface area contributed by atoms with Gasteiger partial charge in [-0.15, -0.1) is 0 Å². The number of methoxy groups -OCH3 is 2. The minimum absolute atomic E-state index is 0.0159. The third-order valence-corrected chi connectivity index (χ3v) is 17.4. The predicted octanol–water partition coefficient (Wildman–Crippen LogP) is 7.39. The van der Waals surface area contributed by atoms with Crippen LogP contribution in [0.25, 0.3) is 0 Å². The number of benzene rings is 3. The Morgan fingerprint density at radius 2 is 1.45 bits per heavy atom. The average Bonchev–Trinajstić information content (AvgIpc) is 3.82. The fourth-order valence-corrected chi connectivity index (χ4v) is 9.80. The summed E-state index contributed by atoms with van der Waals surface area (Å²) in [6.45, 7) is 12.5. The quantitative estimate of drug-likeness (QED) is 0.0431. The van der Waals surface area contributed by atoms with Crippen LogP contribution >= 0.6 is 8.60 Å². The lowest BCUT2D eigenvalue weighted by Crippen LogP contribution is -2.46. The van der Waals surface area contributed by atoms with Crippen LogP contribution in [0.4, 0.5) is 0 Å². The van der Waals surface area contributed by atoms with Crippen LogP contribution in [0.1, 0.15) is 68.5 Å². The molecule has 0 amide bonds. The second kappa shape index (κ2) is 20.6. The molecule has 3 heterocycles. The van der Waals surface area contributed by atoms with Crippen LogP contribution in [0.15, 0.2) is 94.6 Å². The number of H-pyrrole nitrogens is 1. The highest BCUT2D eigenvalue weighted by Gasteiger charge is 2.47. The van der Waals surface area contributed by atoms with Crippen molar-refractivity contribution in [2.75, 3.05) is 34.0 Å². The number of aromatic amines is 1. The number of hydrogen-bond acceptors (Lipinski definition) is 12. The Kier molecular flexibility index (Phi) is 15.7. The van der Waals surface area contributed by atoms with Gasteiger partial charge >= 0.3 is 14.3 Å². The van der Waals surface area contributed by atoms with Crippen LogP contribution in [0.2, 0.25) is 18.1 Å². The largest absolute Gasteiger partial charge is 0.497 e. The highest BCUT2D eigenvalue weighted by molar-refractivity contribution is 7.41. The van der Waals surface area contributed by atoms with Crippen LogP contribution in [0.3, 0.4) is 0 Å². The van der Waals surface area contributed by atoms with Crippen molar-refractivity contribution in [3.63, 3.8) is 0 Å². The van der Waals surface area contributed by atoms with Gasteiger partial charge in [-0.3, -0.25) is 14.3 Å². The van der Waals surface area contributed by atoms with Crippen molar-refractivity contribution in [1.29, 1.82) is 5.26 Å². The van der Waals surface area contributed by atoms with Crippen LogP contribution in [0.5, 0.6) is 11.5 Å². The highest BCUT2D eigenvalue weighted by atomic mass is 31.2. The average molecular weight is 886 g/mol. The maximum absolute atomic E-state index is 13.0. The lowest BCUT2D eigenvalue weighted by Gasteiger charge is -2.39. The van der Waals surface area contributed by atoms with E-state index in [0.29, 0.717) is 29.9 Å². The maximum Gasteiger partial charge on any atom is 0.333 e. The first-order valence-electron chi connectivity index (χ1n) is 20.7. The molecule has 0 bridgehead atoms. The summed E-state index contributed by atoms with van der Waals surface area (Å²) in [6.07, 6.45) is -0.836. The van der Waals surface area contributed by atoms with Crippen molar-refractivity contribution >= 4 is 24.8 Å². The van der Waals surface area contributed by atoms with E-state index >= 15 is 0 Å². The van der Waals surface area contributed by atoms with Crippen LogP contribution in [-0.2, 0) is 37.8 Å². The molecule has 3 aromatic carbocycles. The summed E-state index contributed by atoms with van der Waals surface area (Å²) in [4.78, 5) is 27.5. The Bertz CT molecular complexity index is 2180. The molecule has 1 aromatic heterocycles. The van der Waals surface area contributed by atoms with Crippen molar-refractivity contribution in [2.24, 2.45) is 0 Å². The van der Waals surface area contributed by atoms with Gasteiger partial charge in [0, 0.05) is 24.2 Å². The fraction of sp³-hybridized carbons (Fsp3) is 0.489. The van der Waals surface area contributed by atoms with Crippen LogP contribution < -0.4 is 20.7 Å². The van der Waals surface area contributed by atoms with E-state index in [1.165, 1.54) is 10.8 Å². The van der Waals surface area contributed by atoms with Crippen molar-refractivity contribution in [3.05, 3.63) is 128 Å². The number of rotatable bonds is 19. The van der Waals surface area contributed by atoms with Gasteiger partial charge in [0.05, 0.1) is 58.7 Å². The SMILES string of the molecule is [B][C@H]1C[C@@H](OP(OCCC#N)OC[C@H]2O[C@@H](n3cc(C)c(=O)[nH]c3=O)C[C@H]2O[Si](C)(C)C(C)(C)C)[C@@H](COC(c2ccccc2)(c2ccc(OC)cc2)c2ccc(OC)cc2)O1. The Hall–Kier alpha value is -4.14. The van der Waals surface area contributed by atoms with E-state index in [0.717, 1.165) is 16.7 Å². The molecule has 17 heteroatoms. The second-order valence-corrected chi connectivity index (χ2v) is 22.9. The molecular formula is C45H57BN3O11PSi. The first-order valence-corrected chi connectivity index (χ1v) is 24.7. The molecule has 0 spiro atoms. The first kappa shape index (κ1) is 47.3. The Morgan fingerprint density at radius 3 is 2.03 bits per heavy atom. The van der Waals surface area contributed by atoms with Gasteiger partial charge in [-0.25, -0.2) is 4.79 Å². The number of nitrogens with one attached hydrogen (secondary N) is 1. The standard InChI is InChI=1S/C45H57BN3O11PSi/c1-30-27-49(43(51)48-42(30)50)41-26-37(60-62(7,8)44(2,3)4)39(58-41)29-56-61(55-24-12-23-47)59-36-25-40(46)57-38(36)28-54-45(31-13-10-9-11-14-31,32-15-19-34(52-5)20-16-32)33-17-21-35(53-6)22-18-33/h9-11,13-22,27,36-41H,12,24-26,28-29H2,1-8H3,(H,48,50,51)/t36-,37-,38-,39-,40-,41-,61?/m1/s1. The zero-order chi connectivity index (χ0) is 44.7. The lowest BCUT2D eigenvalue weighted by molar-refractivity contribution is -0.0744. The fourth-order valence-electron chi connectivity index (χ4n) is 7.30. The van der Waals surface area contributed by atoms with E-state index in [9.17, 15) is 14.9 Å². The van der Waals surface area contributed by atoms with Crippen molar-refractivity contribution in [3.8, 4) is 17.6 Å². The number of nitriles is 1. The summed E-state index contributed by atoms with van der Waals surface area (Å²) in [5, 5.41) is 9.26. The summed E-state index contributed by atoms with van der Waals surface area (Å²) in [6, 6.07) is 26.9. The zero-order valence-corrected chi connectivity index (χ0v) is 38.6. The number of hydrogen-bond donors (Lipinski definition) is 1. The summed E-state index contributed by atoms with van der Waals surface area (Å²) in [5.74, 6) is 1.40. The molecule has 1 N–H and O–H groups in total. The molecular weight excluding hydrogens is 828 g/mol. The van der Waals surface area contributed by atoms with Gasteiger partial charge in [-0.1, -0.05) is 75.4 Å². The van der Waals surface area contributed by atoms with Crippen molar-refractivity contribution in [2.45, 2.75) is 107 Å². The van der Waals surface area contributed by atoms with E-state index < -0.39 is 70.4 Å². The van der Waals surface area contributed by atoms with E-state index in [1.807, 2.05) is 78.9 Å². The molecule has 1 unspecified atom stereocenters. The molecule has 0 aliphatic carbocycles. The van der Waals surface area contributed by atoms with Crippen LogP contribution in [-0.4, -0.2) is 90.2 Å². The number of ether oxygens (including phenoxy) is 5. The third-order valence-electron chi connectivity index (χ3n) is 11.7. The summed E-state index contributed by atoms with van der Waals surface area (Å²) >= 11 is 0.